The molecule has 0 bridgehead atoms. The topological polar surface area (TPSA) is 36.4 Å². The Kier molecular flexibility index (Phi) is 4.07. The van der Waals surface area contributed by atoms with Crippen LogP contribution in [0.4, 0.5) is 0 Å². The summed E-state index contributed by atoms with van der Waals surface area (Å²) in [5.74, 6) is 0.864. The summed E-state index contributed by atoms with van der Waals surface area (Å²) < 4.78 is -0.920. The molecule has 1 aromatic rings. The molecule has 0 saturated heterocycles. The largest absolute Gasteiger partial charge is 0.371 e. The van der Waals surface area contributed by atoms with Crippen LogP contribution in [0.5, 0.6) is 0 Å². The number of halogens is 2. The summed E-state index contributed by atoms with van der Waals surface area (Å²) in [7, 11) is 0. The molecule has 1 unspecified atom stereocenters. The van der Waals surface area contributed by atoms with Crippen LogP contribution < -0.4 is 10.6 Å². The number of nitrogens with one attached hydrogen (secondary N) is 2. The molecule has 0 saturated carbocycles. The molecule has 0 aromatic heterocycles. The highest BCUT2D eigenvalue weighted by Crippen LogP contribution is 2.23. The molecule has 0 aliphatic carbocycles. The maximum absolute atomic E-state index is 5.99. The highest BCUT2D eigenvalue weighted by Gasteiger charge is 2.23. The fourth-order valence-corrected chi connectivity index (χ4v) is 2.02. The van der Waals surface area contributed by atoms with Crippen LogP contribution in [0.15, 0.2) is 47.2 Å². The molecular weight excluding hydrogens is 302 g/mol. The van der Waals surface area contributed by atoms with E-state index in [-0.39, 0.29) is 0 Å². The molecule has 5 heteroatoms. The Bertz CT molecular complexity index is 429. The van der Waals surface area contributed by atoms with Crippen molar-refractivity contribution in [3.05, 3.63) is 47.8 Å². The normalized spacial score (nSPS) is 22.8. The van der Waals surface area contributed by atoms with Gasteiger partial charge in [-0.2, -0.15) is 0 Å². The smallest absolute Gasteiger partial charge is 0.264 e. The van der Waals surface area contributed by atoms with Gasteiger partial charge in [-0.1, -0.05) is 41.9 Å². The number of aliphatic imine (C=N–C) groups is 1. The third-order valence-corrected chi connectivity index (χ3v) is 2.93. The van der Waals surface area contributed by atoms with Gasteiger partial charge in [0.2, 0.25) is 0 Å². The molecule has 0 fully saturated rings. The van der Waals surface area contributed by atoms with Crippen LogP contribution in [-0.2, 0) is 6.42 Å². The van der Waals surface area contributed by atoms with Crippen LogP contribution in [0, 0.1) is 0 Å². The van der Waals surface area contributed by atoms with Gasteiger partial charge in [0.15, 0.2) is 0 Å². The van der Waals surface area contributed by atoms with Gasteiger partial charge in [0.1, 0.15) is 5.82 Å². The average Bonchev–Trinajstić information content (AvgIpc) is 2.29. The van der Waals surface area contributed by atoms with Gasteiger partial charge in [-0.05, 0) is 34.0 Å². The number of benzene rings is 1. The maximum atomic E-state index is 5.99. The molecule has 3 nitrogen and oxygen atoms in total. The summed E-state index contributed by atoms with van der Waals surface area (Å²) in [5, 5.41) is 6.28. The van der Waals surface area contributed by atoms with Crippen LogP contribution in [0.25, 0.3) is 0 Å². The first-order valence-corrected chi connectivity index (χ1v) is 6.52. The molecule has 1 aliphatic rings. The predicted octanol–water partition coefficient (Wildman–Crippen LogP) is 2.58. The number of rotatable bonds is 4. The molecule has 1 heterocycles. The van der Waals surface area contributed by atoms with Crippen LogP contribution >= 0.6 is 27.5 Å². The first-order chi connectivity index (χ1) is 8.16. The summed E-state index contributed by atoms with van der Waals surface area (Å²) in [4.78, 5) is 4.01. The third kappa shape index (κ3) is 4.06. The van der Waals surface area contributed by atoms with E-state index in [1.165, 1.54) is 5.56 Å². The highest BCUT2D eigenvalue weighted by atomic mass is 79.9. The molecule has 2 N–H and O–H groups in total. The van der Waals surface area contributed by atoms with E-state index in [4.69, 9.17) is 11.6 Å². The van der Waals surface area contributed by atoms with Gasteiger partial charge in [-0.3, -0.25) is 0 Å². The molecule has 0 spiro atoms. The van der Waals surface area contributed by atoms with E-state index in [0.29, 0.717) is 0 Å². The summed E-state index contributed by atoms with van der Waals surface area (Å²) in [6.45, 7) is 0.844. The van der Waals surface area contributed by atoms with Crippen molar-refractivity contribution in [3.63, 3.8) is 0 Å². The van der Waals surface area contributed by atoms with E-state index >= 15 is 0 Å². The molecule has 2 rings (SSSR count). The fraction of sp³-hybridized carbons (Fsp3) is 0.250. The summed E-state index contributed by atoms with van der Waals surface area (Å²) >= 11 is 9.23. The lowest BCUT2D eigenvalue weighted by atomic mass is 10.1. The Hall–Kier alpha value is -1.00. The molecule has 1 aromatic carbocycles. The molecule has 17 heavy (non-hydrogen) atoms. The minimum atomic E-state index is -0.920. The molecular formula is C12H13BrClN3. The number of allylic oxidation sites excluding steroid dienone is 1. The van der Waals surface area contributed by atoms with Crippen LogP contribution in [0.1, 0.15) is 5.56 Å². The summed E-state index contributed by atoms with van der Waals surface area (Å²) in [5.41, 5.74) is 1.31. The number of alkyl halides is 2. The van der Waals surface area contributed by atoms with E-state index in [1.54, 1.807) is 6.21 Å². The zero-order valence-electron chi connectivity index (χ0n) is 9.16. The first-order valence-electron chi connectivity index (χ1n) is 5.35. The Morgan fingerprint density at radius 2 is 2.12 bits per heavy atom. The van der Waals surface area contributed by atoms with Gasteiger partial charge in [-0.25, -0.2) is 4.99 Å². The van der Waals surface area contributed by atoms with Gasteiger partial charge >= 0.3 is 0 Å². The van der Waals surface area contributed by atoms with Gasteiger partial charge in [-0.15, -0.1) is 0 Å². The summed E-state index contributed by atoms with van der Waals surface area (Å²) in [6, 6.07) is 10.3. The molecule has 1 atom stereocenters. The van der Waals surface area contributed by atoms with Crippen molar-refractivity contribution < 1.29 is 0 Å². The standard InChI is InChI=1S/C12H13BrClN3/c13-12(14)16-9-7-11(17-12)15-8-6-10-4-2-1-3-5-10/h1-5,7,9,15,17H,6,8H2. The van der Waals surface area contributed by atoms with E-state index in [0.717, 1.165) is 18.8 Å². The van der Waals surface area contributed by atoms with Crippen molar-refractivity contribution in [1.29, 1.82) is 0 Å². The van der Waals surface area contributed by atoms with Crippen molar-refractivity contribution in [2.24, 2.45) is 4.99 Å². The lowest BCUT2D eigenvalue weighted by molar-refractivity contribution is 0.634. The van der Waals surface area contributed by atoms with Crippen LogP contribution in [-0.4, -0.2) is 16.8 Å². The minimum absolute atomic E-state index is 0.844. The van der Waals surface area contributed by atoms with Gasteiger partial charge < -0.3 is 10.6 Å². The average molecular weight is 315 g/mol. The molecule has 0 radical (unpaired) electrons. The van der Waals surface area contributed by atoms with Crippen LogP contribution in [0.3, 0.4) is 0 Å². The summed E-state index contributed by atoms with van der Waals surface area (Å²) in [6.07, 6.45) is 4.49. The van der Waals surface area contributed by atoms with E-state index in [2.05, 4.69) is 43.7 Å². The van der Waals surface area contributed by atoms with Crippen molar-refractivity contribution >= 4 is 33.7 Å². The Morgan fingerprint density at radius 1 is 1.35 bits per heavy atom. The second-order valence-electron chi connectivity index (χ2n) is 3.69. The second-order valence-corrected chi connectivity index (χ2v) is 5.84. The lowest BCUT2D eigenvalue weighted by Gasteiger charge is -2.24. The Morgan fingerprint density at radius 3 is 2.82 bits per heavy atom. The zero-order chi connectivity index (χ0) is 12.1. The number of hydrogen-bond donors (Lipinski definition) is 2. The number of hydrogen-bond acceptors (Lipinski definition) is 3. The van der Waals surface area contributed by atoms with Gasteiger partial charge in [0, 0.05) is 12.8 Å². The zero-order valence-corrected chi connectivity index (χ0v) is 11.5. The van der Waals surface area contributed by atoms with Crippen molar-refractivity contribution in [2.75, 3.05) is 6.54 Å². The number of nitrogens with zero attached hydrogens (tertiary/aromatic N) is 1. The second kappa shape index (κ2) is 5.56. The van der Waals surface area contributed by atoms with Crippen LogP contribution in [0.2, 0.25) is 0 Å². The SMILES string of the molecule is ClC1(Br)N=CC=C(NCCc2ccccc2)N1. The molecule has 1 aliphatic heterocycles. The van der Waals surface area contributed by atoms with E-state index in [9.17, 15) is 0 Å². The highest BCUT2D eigenvalue weighted by molar-refractivity contribution is 9.10. The monoisotopic (exact) mass is 313 g/mol. The quantitative estimate of drug-likeness (QED) is 0.662. The van der Waals surface area contributed by atoms with Gasteiger partial charge in [0.25, 0.3) is 4.03 Å². The van der Waals surface area contributed by atoms with Gasteiger partial charge in [0.05, 0.1) is 0 Å². The van der Waals surface area contributed by atoms with E-state index < -0.39 is 4.03 Å². The Labute approximate surface area is 114 Å². The molecule has 90 valence electrons. The predicted molar refractivity (Wildman–Crippen MR) is 75.4 cm³/mol. The Balaban J connectivity index is 1.80. The first kappa shape index (κ1) is 12.5. The maximum Gasteiger partial charge on any atom is 0.264 e. The van der Waals surface area contributed by atoms with Crippen molar-refractivity contribution in [1.82, 2.24) is 10.6 Å². The fourth-order valence-electron chi connectivity index (χ4n) is 1.53. The minimum Gasteiger partial charge on any atom is -0.371 e. The van der Waals surface area contributed by atoms with Crippen molar-refractivity contribution in [3.8, 4) is 0 Å². The van der Waals surface area contributed by atoms with Crippen molar-refractivity contribution in [2.45, 2.75) is 10.5 Å². The van der Waals surface area contributed by atoms with E-state index in [1.807, 2.05) is 24.3 Å². The lowest BCUT2D eigenvalue weighted by Crippen LogP contribution is -2.39. The molecule has 0 amide bonds. The third-order valence-electron chi connectivity index (χ3n) is 2.33.